The lowest BCUT2D eigenvalue weighted by atomic mass is 10.1. The predicted molar refractivity (Wildman–Crippen MR) is 96.0 cm³/mol. The average Bonchev–Trinajstić information content (AvgIpc) is 3.01. The zero-order chi connectivity index (χ0) is 16.9. The van der Waals surface area contributed by atoms with E-state index in [1.807, 2.05) is 80.6 Å². The maximum absolute atomic E-state index is 13.2. The third kappa shape index (κ3) is 3.38. The summed E-state index contributed by atoms with van der Waals surface area (Å²) in [6.07, 6.45) is 0. The van der Waals surface area contributed by atoms with E-state index < -0.39 is 0 Å². The maximum atomic E-state index is 13.2. The smallest absolute Gasteiger partial charge is 0.276 e. The molecule has 0 aliphatic rings. The Morgan fingerprint density at radius 1 is 1.04 bits per heavy atom. The van der Waals surface area contributed by atoms with Gasteiger partial charge in [0.05, 0.1) is 12.2 Å². The monoisotopic (exact) mass is 319 g/mol. The number of rotatable bonds is 5. The fourth-order valence-electron chi connectivity index (χ4n) is 2.75. The van der Waals surface area contributed by atoms with Gasteiger partial charge in [0, 0.05) is 12.2 Å². The third-order valence-electron chi connectivity index (χ3n) is 3.92. The highest BCUT2D eigenvalue weighted by atomic mass is 16.2. The summed E-state index contributed by atoms with van der Waals surface area (Å²) in [7, 11) is 0. The van der Waals surface area contributed by atoms with Crippen molar-refractivity contribution in [3.63, 3.8) is 0 Å². The van der Waals surface area contributed by atoms with E-state index in [0.717, 1.165) is 16.9 Å². The molecule has 0 atom stereocenters. The van der Waals surface area contributed by atoms with Crippen molar-refractivity contribution >= 4 is 11.6 Å². The van der Waals surface area contributed by atoms with E-state index in [1.165, 1.54) is 0 Å². The predicted octanol–water partition coefficient (Wildman–Crippen LogP) is 4.06. The van der Waals surface area contributed by atoms with Crippen LogP contribution in [0.25, 0.3) is 0 Å². The van der Waals surface area contributed by atoms with Gasteiger partial charge in [-0.2, -0.15) is 5.10 Å². The molecule has 2 aromatic carbocycles. The number of hydrogen-bond acceptors (Lipinski definition) is 2. The van der Waals surface area contributed by atoms with Gasteiger partial charge in [0.15, 0.2) is 0 Å². The van der Waals surface area contributed by atoms with Crippen molar-refractivity contribution in [2.45, 2.75) is 26.9 Å². The molecule has 3 aromatic rings. The molecule has 0 aliphatic heterocycles. The Balaban J connectivity index is 1.99. The van der Waals surface area contributed by atoms with E-state index in [0.29, 0.717) is 18.8 Å². The van der Waals surface area contributed by atoms with Crippen LogP contribution in [0.15, 0.2) is 66.7 Å². The molecule has 0 spiro atoms. The van der Waals surface area contributed by atoms with Gasteiger partial charge in [0.2, 0.25) is 0 Å². The van der Waals surface area contributed by atoms with E-state index in [2.05, 4.69) is 5.10 Å². The van der Waals surface area contributed by atoms with Crippen LogP contribution in [0.2, 0.25) is 0 Å². The fourth-order valence-corrected chi connectivity index (χ4v) is 2.75. The van der Waals surface area contributed by atoms with Crippen molar-refractivity contribution < 1.29 is 4.79 Å². The molecule has 0 saturated carbocycles. The van der Waals surface area contributed by atoms with Crippen molar-refractivity contribution in [1.82, 2.24) is 9.78 Å². The van der Waals surface area contributed by atoms with E-state index in [-0.39, 0.29) is 5.91 Å². The van der Waals surface area contributed by atoms with Crippen LogP contribution in [0.3, 0.4) is 0 Å². The molecule has 1 aromatic heterocycles. The molecule has 0 N–H and O–H groups in total. The maximum Gasteiger partial charge on any atom is 0.276 e. The Kier molecular flexibility index (Phi) is 4.75. The lowest BCUT2D eigenvalue weighted by Gasteiger charge is -2.23. The number of anilines is 1. The second kappa shape index (κ2) is 7.13. The summed E-state index contributed by atoms with van der Waals surface area (Å²) in [5, 5.41) is 4.40. The van der Waals surface area contributed by atoms with Gasteiger partial charge in [-0.1, -0.05) is 48.5 Å². The quantitative estimate of drug-likeness (QED) is 0.711. The number of carbonyl (C=O) groups is 1. The molecule has 0 aliphatic carbocycles. The second-order valence-electron chi connectivity index (χ2n) is 5.70. The second-order valence-corrected chi connectivity index (χ2v) is 5.70. The Hall–Kier alpha value is -2.88. The van der Waals surface area contributed by atoms with Gasteiger partial charge in [-0.05, 0) is 37.6 Å². The van der Waals surface area contributed by atoms with Crippen LogP contribution >= 0.6 is 0 Å². The SMILES string of the molecule is CCn1nc(C)cc1C(=O)N(Cc1ccccc1)c1ccccc1. The van der Waals surface area contributed by atoms with E-state index >= 15 is 0 Å². The topological polar surface area (TPSA) is 38.1 Å². The van der Waals surface area contributed by atoms with Crippen LogP contribution in [0.5, 0.6) is 0 Å². The van der Waals surface area contributed by atoms with E-state index in [1.54, 1.807) is 9.58 Å². The molecule has 4 nitrogen and oxygen atoms in total. The largest absolute Gasteiger partial charge is 0.303 e. The Bertz CT molecular complexity index is 809. The number of hydrogen-bond donors (Lipinski definition) is 0. The summed E-state index contributed by atoms with van der Waals surface area (Å²) in [6.45, 7) is 5.10. The molecule has 0 bridgehead atoms. The Labute approximate surface area is 142 Å². The summed E-state index contributed by atoms with van der Waals surface area (Å²) >= 11 is 0. The van der Waals surface area contributed by atoms with Crippen LogP contribution in [-0.4, -0.2) is 15.7 Å². The molecular weight excluding hydrogens is 298 g/mol. The van der Waals surface area contributed by atoms with Gasteiger partial charge in [-0.25, -0.2) is 0 Å². The van der Waals surface area contributed by atoms with Gasteiger partial charge < -0.3 is 4.90 Å². The summed E-state index contributed by atoms with van der Waals surface area (Å²) < 4.78 is 1.76. The molecule has 1 heterocycles. The lowest BCUT2D eigenvalue weighted by molar-refractivity contribution is 0.0975. The highest BCUT2D eigenvalue weighted by Gasteiger charge is 2.22. The van der Waals surface area contributed by atoms with Gasteiger partial charge in [0.1, 0.15) is 5.69 Å². The van der Waals surface area contributed by atoms with E-state index in [9.17, 15) is 4.79 Å². The molecule has 122 valence electrons. The first-order chi connectivity index (χ1) is 11.7. The number of carbonyl (C=O) groups excluding carboxylic acids is 1. The van der Waals surface area contributed by atoms with Crippen molar-refractivity contribution in [2.24, 2.45) is 0 Å². The Morgan fingerprint density at radius 3 is 2.29 bits per heavy atom. The molecule has 1 amide bonds. The summed E-state index contributed by atoms with van der Waals surface area (Å²) in [5.41, 5.74) is 3.45. The summed E-state index contributed by atoms with van der Waals surface area (Å²) in [6, 6.07) is 21.6. The number of amides is 1. The fraction of sp³-hybridized carbons (Fsp3) is 0.200. The van der Waals surface area contributed by atoms with Crippen LogP contribution in [0.1, 0.15) is 28.7 Å². The normalized spacial score (nSPS) is 10.6. The first kappa shape index (κ1) is 16.0. The van der Waals surface area contributed by atoms with Gasteiger partial charge in [-0.15, -0.1) is 0 Å². The number of aromatic nitrogens is 2. The van der Waals surface area contributed by atoms with Crippen molar-refractivity contribution in [3.8, 4) is 0 Å². The highest BCUT2D eigenvalue weighted by molar-refractivity contribution is 6.05. The number of nitrogens with zero attached hydrogens (tertiary/aromatic N) is 3. The third-order valence-corrected chi connectivity index (χ3v) is 3.92. The van der Waals surface area contributed by atoms with Crippen molar-refractivity contribution in [3.05, 3.63) is 83.7 Å². The Morgan fingerprint density at radius 2 is 1.67 bits per heavy atom. The zero-order valence-corrected chi connectivity index (χ0v) is 14.0. The molecule has 0 unspecified atom stereocenters. The molecule has 0 fully saturated rings. The van der Waals surface area contributed by atoms with Crippen LogP contribution in [0.4, 0.5) is 5.69 Å². The molecule has 3 rings (SSSR count). The summed E-state index contributed by atoms with van der Waals surface area (Å²) in [4.78, 5) is 15.0. The molecule has 24 heavy (non-hydrogen) atoms. The first-order valence-electron chi connectivity index (χ1n) is 8.14. The highest BCUT2D eigenvalue weighted by Crippen LogP contribution is 2.20. The standard InChI is InChI=1S/C20H21N3O/c1-3-23-19(14-16(2)21-23)20(24)22(18-12-8-5-9-13-18)15-17-10-6-4-7-11-17/h4-14H,3,15H2,1-2H3. The number of benzene rings is 2. The number of para-hydroxylation sites is 1. The first-order valence-corrected chi connectivity index (χ1v) is 8.14. The lowest BCUT2D eigenvalue weighted by Crippen LogP contribution is -2.32. The summed E-state index contributed by atoms with van der Waals surface area (Å²) in [5.74, 6) is -0.0347. The minimum absolute atomic E-state index is 0.0347. The molecule has 0 radical (unpaired) electrons. The van der Waals surface area contributed by atoms with Gasteiger partial charge in [0.25, 0.3) is 5.91 Å². The average molecular weight is 319 g/mol. The molecule has 0 saturated heterocycles. The minimum Gasteiger partial charge on any atom is -0.303 e. The van der Waals surface area contributed by atoms with Crippen molar-refractivity contribution in [1.29, 1.82) is 0 Å². The van der Waals surface area contributed by atoms with Gasteiger partial charge >= 0.3 is 0 Å². The minimum atomic E-state index is -0.0347. The van der Waals surface area contributed by atoms with Crippen LogP contribution in [0, 0.1) is 6.92 Å². The van der Waals surface area contributed by atoms with E-state index in [4.69, 9.17) is 0 Å². The van der Waals surface area contributed by atoms with Crippen molar-refractivity contribution in [2.75, 3.05) is 4.90 Å². The molecule has 4 heteroatoms. The van der Waals surface area contributed by atoms with Crippen LogP contribution in [-0.2, 0) is 13.1 Å². The van der Waals surface area contributed by atoms with Gasteiger partial charge in [-0.3, -0.25) is 9.48 Å². The molecular formula is C20H21N3O. The number of aryl methyl sites for hydroxylation is 2. The van der Waals surface area contributed by atoms with Crippen LogP contribution < -0.4 is 4.90 Å². The zero-order valence-electron chi connectivity index (χ0n) is 14.0.